The third-order valence-electron chi connectivity index (χ3n) is 3.72. The lowest BCUT2D eigenvalue weighted by atomic mass is 10.1. The van der Waals surface area contributed by atoms with Crippen LogP contribution in [-0.4, -0.2) is 49.1 Å². The van der Waals surface area contributed by atoms with Crippen molar-refractivity contribution in [2.45, 2.75) is 39.7 Å². The van der Waals surface area contributed by atoms with Crippen molar-refractivity contribution in [3.63, 3.8) is 0 Å². The molecule has 0 unspecified atom stereocenters. The molecule has 8 nitrogen and oxygen atoms in total. The van der Waals surface area contributed by atoms with Crippen molar-refractivity contribution in [2.75, 3.05) is 26.3 Å². The predicted octanol–water partition coefficient (Wildman–Crippen LogP) is 3.36. The van der Waals surface area contributed by atoms with Crippen LogP contribution < -0.4 is 15.4 Å². The van der Waals surface area contributed by atoms with Crippen LogP contribution >= 0.6 is 0 Å². The Hall–Kier alpha value is -2.90. The number of aromatic nitrogens is 1. The fourth-order valence-corrected chi connectivity index (χ4v) is 2.57. The molecule has 0 aliphatic carbocycles. The number of aromatic amines is 1. The summed E-state index contributed by atoms with van der Waals surface area (Å²) in [7, 11) is 0. The van der Waals surface area contributed by atoms with E-state index in [4.69, 9.17) is 14.2 Å². The van der Waals surface area contributed by atoms with Gasteiger partial charge in [-0.2, -0.15) is 0 Å². The summed E-state index contributed by atoms with van der Waals surface area (Å²) in [4.78, 5) is 26.2. The summed E-state index contributed by atoms with van der Waals surface area (Å²) in [5.41, 5.74) is 1.55. The van der Waals surface area contributed by atoms with Gasteiger partial charge in [0.15, 0.2) is 0 Å². The summed E-state index contributed by atoms with van der Waals surface area (Å²) in [5, 5.41) is 6.40. The van der Waals surface area contributed by atoms with Crippen molar-refractivity contribution < 1.29 is 23.8 Å². The van der Waals surface area contributed by atoms with E-state index < -0.39 is 17.8 Å². The van der Waals surface area contributed by atoms with E-state index in [1.54, 1.807) is 6.92 Å². The molecule has 3 N–H and O–H groups in total. The maximum atomic E-state index is 11.7. The first-order chi connectivity index (χ1) is 13.3. The highest BCUT2D eigenvalue weighted by Crippen LogP contribution is 2.24. The molecular weight excluding hydrogens is 362 g/mol. The minimum Gasteiger partial charge on any atom is -0.492 e. The van der Waals surface area contributed by atoms with Crippen LogP contribution in [0.5, 0.6) is 5.75 Å². The number of rotatable bonds is 8. The number of carbonyl (C=O) groups excluding carboxylic acids is 2. The molecule has 1 aromatic carbocycles. The average Bonchev–Trinajstić information content (AvgIpc) is 3.00. The number of fused-ring (bicyclic) bond motifs is 1. The molecule has 0 aliphatic heterocycles. The highest BCUT2D eigenvalue weighted by molar-refractivity contribution is 5.84. The number of H-pyrrole nitrogens is 1. The smallest absolute Gasteiger partial charge is 0.407 e. The van der Waals surface area contributed by atoms with Gasteiger partial charge in [0.1, 0.15) is 18.0 Å². The van der Waals surface area contributed by atoms with Crippen LogP contribution in [0.4, 0.5) is 9.59 Å². The maximum Gasteiger partial charge on any atom is 0.407 e. The Morgan fingerprint density at radius 3 is 2.57 bits per heavy atom. The zero-order chi connectivity index (χ0) is 20.6. The van der Waals surface area contributed by atoms with Crippen LogP contribution in [0.15, 0.2) is 24.4 Å². The Morgan fingerprint density at radius 1 is 1.11 bits per heavy atom. The molecule has 0 atom stereocenters. The van der Waals surface area contributed by atoms with Gasteiger partial charge >= 0.3 is 12.2 Å². The Kier molecular flexibility index (Phi) is 7.54. The number of amides is 2. The molecule has 0 saturated heterocycles. The molecule has 0 saturated carbocycles. The fraction of sp³-hybridized carbons (Fsp3) is 0.500. The quantitative estimate of drug-likeness (QED) is 0.599. The first-order valence-electron chi connectivity index (χ1n) is 9.39. The van der Waals surface area contributed by atoms with Crippen molar-refractivity contribution in [3.8, 4) is 5.75 Å². The largest absolute Gasteiger partial charge is 0.492 e. The van der Waals surface area contributed by atoms with Crippen LogP contribution in [0.2, 0.25) is 0 Å². The predicted molar refractivity (Wildman–Crippen MR) is 107 cm³/mol. The maximum absolute atomic E-state index is 11.7. The van der Waals surface area contributed by atoms with E-state index in [0.717, 1.165) is 16.5 Å². The summed E-state index contributed by atoms with van der Waals surface area (Å²) in [6.07, 6.45) is 1.71. The van der Waals surface area contributed by atoms with Crippen LogP contribution in [-0.2, 0) is 15.9 Å². The van der Waals surface area contributed by atoms with Gasteiger partial charge < -0.3 is 29.8 Å². The van der Waals surface area contributed by atoms with Crippen molar-refractivity contribution in [3.05, 3.63) is 30.0 Å². The fourth-order valence-electron chi connectivity index (χ4n) is 2.57. The number of carbonyl (C=O) groups is 2. The van der Waals surface area contributed by atoms with Crippen molar-refractivity contribution in [1.82, 2.24) is 15.6 Å². The van der Waals surface area contributed by atoms with E-state index in [1.807, 2.05) is 45.2 Å². The molecule has 0 spiro atoms. The van der Waals surface area contributed by atoms with Crippen LogP contribution in [0.3, 0.4) is 0 Å². The normalized spacial score (nSPS) is 11.1. The second kappa shape index (κ2) is 9.87. The number of nitrogens with one attached hydrogen (secondary N) is 3. The highest BCUT2D eigenvalue weighted by atomic mass is 16.6. The Morgan fingerprint density at radius 2 is 1.86 bits per heavy atom. The van der Waals surface area contributed by atoms with Gasteiger partial charge in [-0.3, -0.25) is 0 Å². The lowest BCUT2D eigenvalue weighted by molar-refractivity contribution is 0.0528. The summed E-state index contributed by atoms with van der Waals surface area (Å²) >= 11 is 0. The lowest BCUT2D eigenvalue weighted by Crippen LogP contribution is -2.33. The molecule has 28 heavy (non-hydrogen) atoms. The van der Waals surface area contributed by atoms with Crippen LogP contribution in [0.25, 0.3) is 10.9 Å². The third kappa shape index (κ3) is 7.02. The molecule has 0 aliphatic rings. The molecule has 0 fully saturated rings. The van der Waals surface area contributed by atoms with E-state index in [9.17, 15) is 9.59 Å². The molecule has 8 heteroatoms. The summed E-state index contributed by atoms with van der Waals surface area (Å²) in [5.74, 6) is 0.708. The zero-order valence-electron chi connectivity index (χ0n) is 16.9. The molecule has 1 aromatic heterocycles. The summed E-state index contributed by atoms with van der Waals surface area (Å²) < 4.78 is 15.7. The average molecular weight is 391 g/mol. The number of alkyl carbamates (subject to hydrolysis) is 2. The molecule has 0 bridgehead atoms. The minimum absolute atomic E-state index is 0.336. The van der Waals surface area contributed by atoms with Crippen LogP contribution in [0, 0.1) is 0 Å². The second-order valence-corrected chi connectivity index (χ2v) is 7.20. The van der Waals surface area contributed by atoms with E-state index in [0.29, 0.717) is 38.5 Å². The zero-order valence-corrected chi connectivity index (χ0v) is 16.9. The number of benzene rings is 1. The molecule has 0 radical (unpaired) electrons. The van der Waals surface area contributed by atoms with Gasteiger partial charge in [-0.1, -0.05) is 0 Å². The first-order valence-corrected chi connectivity index (χ1v) is 9.39. The Bertz CT molecular complexity index is 795. The molecular formula is C20H29N3O5. The van der Waals surface area contributed by atoms with Crippen molar-refractivity contribution in [1.29, 1.82) is 0 Å². The molecule has 2 rings (SSSR count). The van der Waals surface area contributed by atoms with Gasteiger partial charge in [-0.15, -0.1) is 0 Å². The Labute approximate surface area is 164 Å². The monoisotopic (exact) mass is 391 g/mol. The van der Waals surface area contributed by atoms with E-state index in [1.165, 1.54) is 0 Å². The lowest BCUT2D eigenvalue weighted by Gasteiger charge is -2.19. The SMILES string of the molecule is CCOC(=O)NCCOc1ccc2[nH]cc(CCNC(=O)OC(C)(C)C)c2c1. The van der Waals surface area contributed by atoms with E-state index in [-0.39, 0.29) is 0 Å². The standard InChI is InChI=1S/C20H29N3O5/c1-5-26-18(24)22-10-11-27-15-6-7-17-16(12-15)14(13-23-17)8-9-21-19(25)28-20(2,3)4/h6-7,12-13,23H,5,8-11H2,1-4H3,(H,21,25)(H,22,24). The molecule has 154 valence electrons. The van der Waals surface area contributed by atoms with Gasteiger partial charge in [0.25, 0.3) is 0 Å². The minimum atomic E-state index is -0.515. The number of hydrogen-bond donors (Lipinski definition) is 3. The van der Waals surface area contributed by atoms with Crippen LogP contribution in [0.1, 0.15) is 33.3 Å². The van der Waals surface area contributed by atoms with Crippen molar-refractivity contribution in [2.24, 2.45) is 0 Å². The molecule has 2 aromatic rings. The number of ether oxygens (including phenoxy) is 3. The van der Waals surface area contributed by atoms with Gasteiger partial charge in [0, 0.05) is 23.6 Å². The summed E-state index contributed by atoms with van der Waals surface area (Å²) in [6, 6.07) is 5.75. The second-order valence-electron chi connectivity index (χ2n) is 7.20. The molecule has 2 amide bonds. The van der Waals surface area contributed by atoms with Crippen molar-refractivity contribution >= 4 is 23.1 Å². The van der Waals surface area contributed by atoms with Gasteiger partial charge in [-0.25, -0.2) is 9.59 Å². The third-order valence-corrected chi connectivity index (χ3v) is 3.72. The Balaban J connectivity index is 1.86. The topological polar surface area (TPSA) is 102 Å². The van der Waals surface area contributed by atoms with E-state index >= 15 is 0 Å². The highest BCUT2D eigenvalue weighted by Gasteiger charge is 2.15. The van der Waals surface area contributed by atoms with Gasteiger partial charge in [0.05, 0.1) is 13.2 Å². The number of hydrogen-bond acceptors (Lipinski definition) is 5. The van der Waals surface area contributed by atoms with Gasteiger partial charge in [-0.05, 0) is 57.9 Å². The first kappa shape index (κ1) is 21.4. The van der Waals surface area contributed by atoms with E-state index in [2.05, 4.69) is 15.6 Å². The summed E-state index contributed by atoms with van der Waals surface area (Å²) in [6.45, 7) is 8.74. The molecule has 1 heterocycles. The van der Waals surface area contributed by atoms with Gasteiger partial charge in [0.2, 0.25) is 0 Å².